The lowest BCUT2D eigenvalue weighted by atomic mass is 10.00. The normalized spacial score (nSPS) is 40.3. The van der Waals surface area contributed by atoms with Crippen molar-refractivity contribution < 1.29 is 4.79 Å². The Balaban J connectivity index is 1.82. The first-order chi connectivity index (χ1) is 5.31. The average molecular weight is 170 g/mol. The van der Waals surface area contributed by atoms with E-state index < -0.39 is 0 Å². The summed E-state index contributed by atoms with van der Waals surface area (Å²) in [5.41, 5.74) is 0. The molecule has 2 unspecified atom stereocenters. The summed E-state index contributed by atoms with van der Waals surface area (Å²) < 4.78 is 0. The largest absolute Gasteiger partial charge is 0.298 e. The minimum atomic E-state index is 0.450. The molecule has 2 rings (SSSR count). The van der Waals surface area contributed by atoms with Crippen molar-refractivity contribution in [2.24, 2.45) is 17.8 Å². The predicted octanol–water partition coefficient (Wildman–Crippen LogP) is 1.96. The Kier molecular flexibility index (Phi) is 1.96. The standard InChI is InChI=1S/C9H14OS/c1-11-5-9(10)8-3-6-2-7(6)4-8/h6-8H,2-5H2,1H3. The monoisotopic (exact) mass is 170 g/mol. The molecule has 0 aromatic rings. The first-order valence-electron chi connectivity index (χ1n) is 4.33. The van der Waals surface area contributed by atoms with Gasteiger partial charge in [0.2, 0.25) is 0 Å². The molecule has 0 N–H and O–H groups in total. The molecule has 0 aromatic carbocycles. The number of ketones is 1. The van der Waals surface area contributed by atoms with E-state index in [0.29, 0.717) is 11.7 Å². The van der Waals surface area contributed by atoms with Gasteiger partial charge in [0.15, 0.2) is 0 Å². The van der Waals surface area contributed by atoms with Crippen LogP contribution in [0.2, 0.25) is 0 Å². The fraction of sp³-hybridized carbons (Fsp3) is 0.889. The molecule has 2 heteroatoms. The number of Topliss-reactive ketones (excluding diaryl/α,β-unsaturated/α-hetero) is 1. The zero-order valence-corrected chi connectivity index (χ0v) is 7.69. The van der Waals surface area contributed by atoms with Gasteiger partial charge in [-0.2, -0.15) is 11.8 Å². The maximum absolute atomic E-state index is 11.4. The molecule has 62 valence electrons. The Morgan fingerprint density at radius 1 is 1.36 bits per heavy atom. The quantitative estimate of drug-likeness (QED) is 0.644. The molecule has 2 fully saturated rings. The van der Waals surface area contributed by atoms with Crippen molar-refractivity contribution in [1.82, 2.24) is 0 Å². The van der Waals surface area contributed by atoms with Gasteiger partial charge in [-0.15, -0.1) is 0 Å². The average Bonchev–Trinajstić information content (AvgIpc) is 2.59. The first kappa shape index (κ1) is 7.66. The lowest BCUT2D eigenvalue weighted by Crippen LogP contribution is -2.14. The minimum Gasteiger partial charge on any atom is -0.298 e. The van der Waals surface area contributed by atoms with Gasteiger partial charge >= 0.3 is 0 Å². The number of carbonyl (C=O) groups excluding carboxylic acids is 1. The molecule has 0 aliphatic heterocycles. The molecule has 0 bridgehead atoms. The second-order valence-corrected chi connectivity index (χ2v) is 4.69. The molecule has 0 spiro atoms. The highest BCUT2D eigenvalue weighted by atomic mass is 32.2. The lowest BCUT2D eigenvalue weighted by Gasteiger charge is -2.08. The van der Waals surface area contributed by atoms with Gasteiger partial charge in [0.1, 0.15) is 5.78 Å². The van der Waals surface area contributed by atoms with Crippen molar-refractivity contribution >= 4 is 17.5 Å². The maximum Gasteiger partial charge on any atom is 0.145 e. The summed E-state index contributed by atoms with van der Waals surface area (Å²) in [7, 11) is 0. The molecule has 0 heterocycles. The van der Waals surface area contributed by atoms with Crippen molar-refractivity contribution in [1.29, 1.82) is 0 Å². The number of fused-ring (bicyclic) bond motifs is 1. The van der Waals surface area contributed by atoms with Crippen LogP contribution in [0.15, 0.2) is 0 Å². The molecule has 0 saturated heterocycles. The fourth-order valence-corrected chi connectivity index (χ4v) is 2.76. The van der Waals surface area contributed by atoms with Crippen LogP contribution in [0.3, 0.4) is 0 Å². The van der Waals surface area contributed by atoms with Gasteiger partial charge in [0.05, 0.1) is 5.75 Å². The SMILES string of the molecule is CSCC(=O)C1CC2CC2C1. The third-order valence-corrected chi connectivity index (χ3v) is 3.56. The maximum atomic E-state index is 11.4. The van der Waals surface area contributed by atoms with E-state index in [1.807, 2.05) is 6.26 Å². The van der Waals surface area contributed by atoms with E-state index >= 15 is 0 Å². The van der Waals surface area contributed by atoms with Gasteiger partial charge in [-0.25, -0.2) is 0 Å². The van der Waals surface area contributed by atoms with Gasteiger partial charge in [-0.1, -0.05) is 0 Å². The molecule has 2 aliphatic carbocycles. The number of carbonyl (C=O) groups is 1. The molecule has 0 radical (unpaired) electrons. The minimum absolute atomic E-state index is 0.450. The van der Waals surface area contributed by atoms with Crippen LogP contribution in [0.1, 0.15) is 19.3 Å². The lowest BCUT2D eigenvalue weighted by molar-refractivity contribution is -0.120. The summed E-state index contributed by atoms with van der Waals surface area (Å²) in [6, 6.07) is 0. The van der Waals surface area contributed by atoms with Gasteiger partial charge < -0.3 is 0 Å². The molecule has 0 aromatic heterocycles. The van der Waals surface area contributed by atoms with Crippen molar-refractivity contribution in [3.63, 3.8) is 0 Å². The smallest absolute Gasteiger partial charge is 0.145 e. The third-order valence-electron chi connectivity index (χ3n) is 2.99. The van der Waals surface area contributed by atoms with E-state index in [1.165, 1.54) is 19.3 Å². The van der Waals surface area contributed by atoms with Crippen LogP contribution >= 0.6 is 11.8 Å². The summed E-state index contributed by atoms with van der Waals surface area (Å²) in [6.07, 6.45) is 5.85. The van der Waals surface area contributed by atoms with E-state index in [4.69, 9.17) is 0 Å². The molecule has 2 aliphatic rings. The van der Waals surface area contributed by atoms with Crippen LogP contribution in [0.25, 0.3) is 0 Å². The second-order valence-electron chi connectivity index (χ2n) is 3.82. The van der Waals surface area contributed by atoms with Crippen molar-refractivity contribution in [3.05, 3.63) is 0 Å². The number of rotatable bonds is 3. The number of thioether (sulfide) groups is 1. The second kappa shape index (κ2) is 2.81. The van der Waals surface area contributed by atoms with E-state index in [2.05, 4.69) is 0 Å². The van der Waals surface area contributed by atoms with E-state index in [-0.39, 0.29) is 0 Å². The van der Waals surface area contributed by atoms with Crippen LogP contribution in [0.5, 0.6) is 0 Å². The van der Waals surface area contributed by atoms with Crippen LogP contribution in [0.4, 0.5) is 0 Å². The topological polar surface area (TPSA) is 17.1 Å². The molecule has 11 heavy (non-hydrogen) atoms. The number of hydrogen-bond acceptors (Lipinski definition) is 2. The van der Waals surface area contributed by atoms with Gasteiger partial charge in [0.25, 0.3) is 0 Å². The van der Waals surface area contributed by atoms with Crippen LogP contribution in [-0.4, -0.2) is 17.8 Å². The fourth-order valence-electron chi connectivity index (χ4n) is 2.24. The summed E-state index contributed by atoms with van der Waals surface area (Å²) >= 11 is 1.66. The molecule has 1 nitrogen and oxygen atoms in total. The Hall–Kier alpha value is 0.0200. The molecular formula is C9H14OS. The molecule has 2 atom stereocenters. The van der Waals surface area contributed by atoms with Crippen LogP contribution in [0, 0.1) is 17.8 Å². The highest BCUT2D eigenvalue weighted by molar-refractivity contribution is 7.99. The zero-order valence-electron chi connectivity index (χ0n) is 6.88. The van der Waals surface area contributed by atoms with Gasteiger partial charge in [0, 0.05) is 5.92 Å². The highest BCUT2D eigenvalue weighted by Crippen LogP contribution is 2.54. The van der Waals surface area contributed by atoms with Crippen molar-refractivity contribution in [3.8, 4) is 0 Å². The van der Waals surface area contributed by atoms with Crippen molar-refractivity contribution in [2.75, 3.05) is 12.0 Å². The van der Waals surface area contributed by atoms with Crippen molar-refractivity contribution in [2.45, 2.75) is 19.3 Å². The summed E-state index contributed by atoms with van der Waals surface area (Å²) in [5.74, 6) is 3.59. The molecular weight excluding hydrogens is 156 g/mol. The van der Waals surface area contributed by atoms with Crippen LogP contribution < -0.4 is 0 Å². The third kappa shape index (κ3) is 1.46. The Bertz CT molecular complexity index is 168. The molecule has 2 saturated carbocycles. The van der Waals surface area contributed by atoms with Gasteiger partial charge in [-0.3, -0.25) is 4.79 Å². The highest BCUT2D eigenvalue weighted by Gasteiger charge is 2.47. The Morgan fingerprint density at radius 3 is 2.55 bits per heavy atom. The zero-order chi connectivity index (χ0) is 7.84. The predicted molar refractivity (Wildman–Crippen MR) is 47.7 cm³/mol. The van der Waals surface area contributed by atoms with Crippen LogP contribution in [-0.2, 0) is 4.79 Å². The summed E-state index contributed by atoms with van der Waals surface area (Å²) in [5, 5.41) is 0. The summed E-state index contributed by atoms with van der Waals surface area (Å²) in [4.78, 5) is 11.4. The van der Waals surface area contributed by atoms with E-state index in [9.17, 15) is 4.79 Å². The van der Waals surface area contributed by atoms with E-state index in [1.54, 1.807) is 11.8 Å². The summed E-state index contributed by atoms with van der Waals surface area (Å²) in [6.45, 7) is 0. The Labute approximate surface area is 71.9 Å². The first-order valence-corrected chi connectivity index (χ1v) is 5.72. The van der Waals surface area contributed by atoms with Gasteiger partial charge in [-0.05, 0) is 37.4 Å². The Morgan fingerprint density at radius 2 is 2.00 bits per heavy atom. The number of hydrogen-bond donors (Lipinski definition) is 0. The van der Waals surface area contributed by atoms with E-state index in [0.717, 1.165) is 17.6 Å². The molecule has 0 amide bonds.